The van der Waals surface area contributed by atoms with Gasteiger partial charge in [0.25, 0.3) is 0 Å². The van der Waals surface area contributed by atoms with Crippen LogP contribution in [0.4, 0.5) is 0 Å². The Kier molecular flexibility index (Phi) is 3.89. The quantitative estimate of drug-likeness (QED) is 0.825. The summed E-state index contributed by atoms with van der Waals surface area (Å²) < 4.78 is 5.55. The van der Waals surface area contributed by atoms with Gasteiger partial charge in [-0.2, -0.15) is 0 Å². The predicted octanol–water partition coefficient (Wildman–Crippen LogP) is 2.65. The van der Waals surface area contributed by atoms with E-state index in [0.29, 0.717) is 0 Å². The Morgan fingerprint density at radius 3 is 2.76 bits per heavy atom. The first kappa shape index (κ1) is 12.7. The highest BCUT2D eigenvalue weighted by atomic mass is 16.3. The zero-order chi connectivity index (χ0) is 12.4. The van der Waals surface area contributed by atoms with Crippen LogP contribution in [0.1, 0.15) is 38.5 Å². The third-order valence-electron chi connectivity index (χ3n) is 3.99. The molecule has 17 heavy (non-hydrogen) atoms. The van der Waals surface area contributed by atoms with Crippen molar-refractivity contribution in [1.29, 1.82) is 0 Å². The van der Waals surface area contributed by atoms with Crippen LogP contribution < -0.4 is 5.73 Å². The van der Waals surface area contributed by atoms with Crippen molar-refractivity contribution in [3.63, 3.8) is 0 Å². The molecule has 4 unspecified atom stereocenters. The largest absolute Gasteiger partial charge is 0.468 e. The highest BCUT2D eigenvalue weighted by molar-refractivity contribution is 5.08. The van der Waals surface area contributed by atoms with Gasteiger partial charge in [-0.15, -0.1) is 0 Å². The average molecular weight is 236 g/mol. The van der Waals surface area contributed by atoms with E-state index in [-0.39, 0.29) is 12.1 Å². The van der Waals surface area contributed by atoms with Gasteiger partial charge in [0.05, 0.1) is 12.3 Å². The first-order chi connectivity index (χ1) is 8.13. The van der Waals surface area contributed by atoms with Gasteiger partial charge in [0, 0.05) is 12.6 Å². The molecular weight excluding hydrogens is 212 g/mol. The number of rotatable bonds is 6. The van der Waals surface area contributed by atoms with Crippen molar-refractivity contribution in [2.75, 3.05) is 13.6 Å². The van der Waals surface area contributed by atoms with Crippen LogP contribution in [-0.2, 0) is 0 Å². The van der Waals surface area contributed by atoms with Gasteiger partial charge in [-0.3, -0.25) is 4.90 Å². The maximum absolute atomic E-state index is 6.24. The van der Waals surface area contributed by atoms with Crippen molar-refractivity contribution in [2.24, 2.45) is 17.6 Å². The Labute approximate surface area is 104 Å². The molecule has 2 rings (SSSR count). The number of likely N-dealkylation sites (N-methyl/N-ethyl adjacent to an activating group) is 1. The number of furan rings is 1. The Bertz CT molecular complexity index is 336. The molecule has 1 aromatic heterocycles. The van der Waals surface area contributed by atoms with E-state index in [2.05, 4.69) is 25.8 Å². The van der Waals surface area contributed by atoms with Crippen LogP contribution in [0.2, 0.25) is 0 Å². The van der Waals surface area contributed by atoms with Crippen molar-refractivity contribution >= 4 is 0 Å². The molecule has 0 amide bonds. The Morgan fingerprint density at radius 1 is 1.59 bits per heavy atom. The smallest absolute Gasteiger partial charge is 0.122 e. The molecule has 0 spiro atoms. The van der Waals surface area contributed by atoms with Crippen molar-refractivity contribution in [2.45, 2.75) is 38.8 Å². The fourth-order valence-corrected chi connectivity index (χ4v) is 2.57. The van der Waals surface area contributed by atoms with Crippen LogP contribution >= 0.6 is 0 Å². The molecule has 1 heterocycles. The monoisotopic (exact) mass is 236 g/mol. The summed E-state index contributed by atoms with van der Waals surface area (Å²) in [5.41, 5.74) is 6.24. The van der Waals surface area contributed by atoms with Crippen LogP contribution in [0.15, 0.2) is 22.8 Å². The lowest BCUT2D eigenvalue weighted by atomic mass is 10.0. The highest BCUT2D eigenvalue weighted by Gasteiger charge is 2.36. The van der Waals surface area contributed by atoms with Crippen LogP contribution in [0.3, 0.4) is 0 Å². The summed E-state index contributed by atoms with van der Waals surface area (Å²) in [6.07, 6.45) is 4.06. The summed E-state index contributed by atoms with van der Waals surface area (Å²) >= 11 is 0. The molecule has 0 radical (unpaired) electrons. The first-order valence-corrected chi connectivity index (χ1v) is 6.62. The third-order valence-corrected chi connectivity index (χ3v) is 3.99. The number of nitrogens with two attached hydrogens (primary N) is 1. The van der Waals surface area contributed by atoms with Crippen molar-refractivity contribution in [1.82, 2.24) is 4.90 Å². The van der Waals surface area contributed by atoms with Gasteiger partial charge in [0.2, 0.25) is 0 Å². The molecule has 2 N–H and O–H groups in total. The first-order valence-electron chi connectivity index (χ1n) is 6.62. The zero-order valence-corrected chi connectivity index (χ0v) is 11.1. The van der Waals surface area contributed by atoms with Crippen LogP contribution in [-0.4, -0.2) is 24.5 Å². The Balaban J connectivity index is 2.04. The number of hydrogen-bond donors (Lipinski definition) is 1. The van der Waals surface area contributed by atoms with E-state index in [1.165, 1.54) is 6.42 Å². The summed E-state index contributed by atoms with van der Waals surface area (Å²) in [5, 5.41) is 0. The summed E-state index contributed by atoms with van der Waals surface area (Å²) in [6, 6.07) is 4.33. The lowest BCUT2D eigenvalue weighted by Gasteiger charge is -2.30. The van der Waals surface area contributed by atoms with Gasteiger partial charge in [0.1, 0.15) is 5.76 Å². The second-order valence-electron chi connectivity index (χ2n) is 5.45. The number of nitrogens with zero attached hydrogens (tertiary/aromatic N) is 1. The molecule has 0 bridgehead atoms. The van der Waals surface area contributed by atoms with Crippen molar-refractivity contribution in [3.05, 3.63) is 24.2 Å². The van der Waals surface area contributed by atoms with Crippen LogP contribution in [0.5, 0.6) is 0 Å². The molecule has 1 saturated carbocycles. The minimum Gasteiger partial charge on any atom is -0.468 e. The van der Waals surface area contributed by atoms with Crippen molar-refractivity contribution in [3.8, 4) is 0 Å². The Morgan fingerprint density at radius 2 is 2.29 bits per heavy atom. The van der Waals surface area contributed by atoms with Gasteiger partial charge in [-0.05, 0) is 43.9 Å². The fourth-order valence-electron chi connectivity index (χ4n) is 2.57. The van der Waals surface area contributed by atoms with E-state index in [0.717, 1.165) is 30.6 Å². The lowest BCUT2D eigenvalue weighted by Crippen LogP contribution is -2.39. The summed E-state index contributed by atoms with van der Waals surface area (Å²) in [5.74, 6) is 2.73. The maximum Gasteiger partial charge on any atom is 0.122 e. The molecule has 0 saturated heterocycles. The minimum absolute atomic E-state index is 0.139. The molecule has 0 aliphatic heterocycles. The molecule has 1 aliphatic carbocycles. The van der Waals surface area contributed by atoms with E-state index < -0.39 is 0 Å². The third kappa shape index (κ3) is 2.90. The van der Waals surface area contributed by atoms with E-state index in [9.17, 15) is 0 Å². The fraction of sp³-hybridized carbons (Fsp3) is 0.714. The van der Waals surface area contributed by atoms with Gasteiger partial charge in [-0.1, -0.05) is 13.8 Å². The van der Waals surface area contributed by atoms with Gasteiger partial charge < -0.3 is 10.2 Å². The normalized spacial score (nSPS) is 27.1. The molecule has 1 aliphatic rings. The molecule has 3 nitrogen and oxygen atoms in total. The van der Waals surface area contributed by atoms with Gasteiger partial charge >= 0.3 is 0 Å². The molecule has 4 atom stereocenters. The molecule has 96 valence electrons. The molecular formula is C14H24N2O. The molecule has 3 heteroatoms. The van der Waals surface area contributed by atoms with E-state index >= 15 is 0 Å². The van der Waals surface area contributed by atoms with E-state index in [1.54, 1.807) is 6.26 Å². The predicted molar refractivity (Wildman–Crippen MR) is 69.6 cm³/mol. The zero-order valence-electron chi connectivity index (χ0n) is 11.1. The molecule has 1 aromatic rings. The van der Waals surface area contributed by atoms with E-state index in [4.69, 9.17) is 10.2 Å². The second-order valence-corrected chi connectivity index (χ2v) is 5.45. The maximum atomic E-state index is 6.24. The molecule has 0 aromatic carbocycles. The van der Waals surface area contributed by atoms with Gasteiger partial charge in [-0.25, -0.2) is 0 Å². The summed E-state index contributed by atoms with van der Waals surface area (Å²) in [4.78, 5) is 2.36. The van der Waals surface area contributed by atoms with Gasteiger partial charge in [0.15, 0.2) is 0 Å². The second kappa shape index (κ2) is 5.23. The summed E-state index contributed by atoms with van der Waals surface area (Å²) in [6.45, 7) is 5.58. The minimum atomic E-state index is 0.139. The summed E-state index contributed by atoms with van der Waals surface area (Å²) in [7, 11) is 2.16. The number of hydrogen-bond acceptors (Lipinski definition) is 3. The average Bonchev–Trinajstić information content (AvgIpc) is 2.81. The lowest BCUT2D eigenvalue weighted by molar-refractivity contribution is 0.174. The van der Waals surface area contributed by atoms with Crippen LogP contribution in [0, 0.1) is 11.8 Å². The Hall–Kier alpha value is -0.800. The topological polar surface area (TPSA) is 42.4 Å². The SMILES string of the molecule is CCC(N)C(c1ccco1)N(C)CC1CC1C. The highest BCUT2D eigenvalue weighted by Crippen LogP contribution is 2.39. The van der Waals surface area contributed by atoms with E-state index in [1.807, 2.05) is 12.1 Å². The van der Waals surface area contributed by atoms with Crippen molar-refractivity contribution < 1.29 is 4.42 Å². The molecule has 1 fully saturated rings. The van der Waals surface area contributed by atoms with Crippen LogP contribution in [0.25, 0.3) is 0 Å². The standard InChI is InChI=1S/C14H24N2O/c1-4-12(15)14(13-6-5-7-17-13)16(3)9-11-8-10(11)2/h5-7,10-12,14H,4,8-9,15H2,1-3H3.